The molecular weight excluding hydrogens is 292 g/mol. The van der Waals surface area contributed by atoms with E-state index in [1.807, 2.05) is 29.6 Å². The van der Waals surface area contributed by atoms with Gasteiger partial charge in [0.15, 0.2) is 0 Å². The van der Waals surface area contributed by atoms with Gasteiger partial charge in [-0.3, -0.25) is 0 Å². The number of nitrogens with zero attached hydrogens (tertiary/aromatic N) is 1. The minimum atomic E-state index is 0.547. The maximum absolute atomic E-state index is 6.16. The van der Waals surface area contributed by atoms with Gasteiger partial charge in [-0.2, -0.15) is 0 Å². The van der Waals surface area contributed by atoms with Gasteiger partial charge in [-0.05, 0) is 30.0 Å². The average Bonchev–Trinajstić information content (AvgIpc) is 2.92. The van der Waals surface area contributed by atoms with Crippen molar-refractivity contribution in [3.05, 3.63) is 45.2 Å². The molecule has 0 saturated carbocycles. The van der Waals surface area contributed by atoms with E-state index in [9.17, 15) is 0 Å². The summed E-state index contributed by atoms with van der Waals surface area (Å²) in [4.78, 5) is 5.64. The predicted octanol–water partition coefficient (Wildman–Crippen LogP) is 4.12. The van der Waals surface area contributed by atoms with E-state index in [-0.39, 0.29) is 0 Å². The zero-order chi connectivity index (χ0) is 14.4. The molecule has 2 rings (SSSR count). The van der Waals surface area contributed by atoms with Crippen molar-refractivity contribution in [3.8, 4) is 5.88 Å². The van der Waals surface area contributed by atoms with Gasteiger partial charge in [-0.25, -0.2) is 4.98 Å². The van der Waals surface area contributed by atoms with Crippen LogP contribution in [-0.4, -0.2) is 11.5 Å². The van der Waals surface area contributed by atoms with Crippen molar-refractivity contribution in [2.45, 2.75) is 27.0 Å². The zero-order valence-electron chi connectivity index (χ0n) is 11.7. The van der Waals surface area contributed by atoms with E-state index in [4.69, 9.17) is 16.3 Å². The van der Waals surface area contributed by atoms with Gasteiger partial charge >= 0.3 is 0 Å². The molecule has 5 heteroatoms. The van der Waals surface area contributed by atoms with E-state index in [1.54, 1.807) is 11.3 Å². The Labute approximate surface area is 129 Å². The van der Waals surface area contributed by atoms with Crippen LogP contribution in [0.5, 0.6) is 5.88 Å². The van der Waals surface area contributed by atoms with Crippen LogP contribution in [-0.2, 0) is 13.2 Å². The van der Waals surface area contributed by atoms with Gasteiger partial charge in [0.25, 0.3) is 0 Å². The van der Waals surface area contributed by atoms with Gasteiger partial charge in [0.2, 0.25) is 5.88 Å². The first-order chi connectivity index (χ1) is 9.65. The normalized spacial score (nSPS) is 11.0. The Kier molecular flexibility index (Phi) is 5.83. The second-order valence-electron chi connectivity index (χ2n) is 4.97. The van der Waals surface area contributed by atoms with Crippen molar-refractivity contribution < 1.29 is 4.74 Å². The quantitative estimate of drug-likeness (QED) is 0.835. The molecule has 2 aromatic heterocycles. The summed E-state index contributed by atoms with van der Waals surface area (Å²) in [5.41, 5.74) is 0.830. The summed E-state index contributed by atoms with van der Waals surface area (Å²) in [6.45, 7) is 6.49. The third-order valence-electron chi connectivity index (χ3n) is 2.68. The molecule has 0 bridgehead atoms. The molecule has 108 valence electrons. The third-order valence-corrected chi connectivity index (χ3v) is 3.87. The van der Waals surface area contributed by atoms with Crippen molar-refractivity contribution in [3.63, 3.8) is 0 Å². The fourth-order valence-electron chi connectivity index (χ4n) is 1.69. The Morgan fingerprint density at radius 3 is 2.90 bits per heavy atom. The molecule has 0 radical (unpaired) electrons. The average molecular weight is 311 g/mol. The fraction of sp³-hybridized carbons (Fsp3) is 0.400. The summed E-state index contributed by atoms with van der Waals surface area (Å²) in [5.74, 6) is 1.22. The molecule has 0 aromatic carbocycles. The van der Waals surface area contributed by atoms with Crippen LogP contribution in [0, 0.1) is 5.92 Å². The van der Waals surface area contributed by atoms with Gasteiger partial charge in [-0.1, -0.05) is 31.5 Å². The SMILES string of the molecule is CC(C)CNCc1nc(OCc2cccs2)ccc1Cl. The van der Waals surface area contributed by atoms with Crippen molar-refractivity contribution in [1.29, 1.82) is 0 Å². The largest absolute Gasteiger partial charge is 0.472 e. The molecule has 0 amide bonds. The van der Waals surface area contributed by atoms with Gasteiger partial charge in [-0.15, -0.1) is 11.3 Å². The lowest BCUT2D eigenvalue weighted by Crippen LogP contribution is -2.20. The molecule has 0 aliphatic rings. The molecule has 1 N–H and O–H groups in total. The summed E-state index contributed by atoms with van der Waals surface area (Å²) in [6, 6.07) is 7.71. The number of thiophene rings is 1. The van der Waals surface area contributed by atoms with Crippen molar-refractivity contribution in [2.75, 3.05) is 6.54 Å². The van der Waals surface area contributed by atoms with E-state index in [0.29, 0.717) is 30.0 Å². The molecule has 3 nitrogen and oxygen atoms in total. The topological polar surface area (TPSA) is 34.2 Å². The first-order valence-electron chi connectivity index (χ1n) is 6.66. The second kappa shape index (κ2) is 7.62. The standard InChI is InChI=1S/C15H19ClN2OS/c1-11(2)8-17-9-14-13(16)5-6-15(18-14)19-10-12-4-3-7-20-12/h3-7,11,17H,8-10H2,1-2H3. The molecular formula is C15H19ClN2OS. The molecule has 20 heavy (non-hydrogen) atoms. The Balaban J connectivity index is 1.93. The summed E-state index contributed by atoms with van der Waals surface area (Å²) in [6.07, 6.45) is 0. The molecule has 0 fully saturated rings. The van der Waals surface area contributed by atoms with Crippen molar-refractivity contribution >= 4 is 22.9 Å². The molecule has 2 aromatic rings. The molecule has 0 atom stereocenters. The minimum absolute atomic E-state index is 0.547. The van der Waals surface area contributed by atoms with Crippen LogP contribution in [0.4, 0.5) is 0 Å². The van der Waals surface area contributed by atoms with E-state index in [1.165, 1.54) is 4.88 Å². The van der Waals surface area contributed by atoms with Crippen LogP contribution in [0.2, 0.25) is 5.02 Å². The highest BCUT2D eigenvalue weighted by atomic mass is 35.5. The highest BCUT2D eigenvalue weighted by Crippen LogP contribution is 2.19. The number of rotatable bonds is 7. The Morgan fingerprint density at radius 2 is 2.20 bits per heavy atom. The molecule has 2 heterocycles. The van der Waals surface area contributed by atoms with E-state index in [0.717, 1.165) is 12.2 Å². The Hall–Kier alpha value is -1.10. The lowest BCUT2D eigenvalue weighted by Gasteiger charge is -2.10. The van der Waals surface area contributed by atoms with Crippen LogP contribution < -0.4 is 10.1 Å². The number of halogens is 1. The number of pyridine rings is 1. The molecule has 0 unspecified atom stereocenters. The maximum Gasteiger partial charge on any atom is 0.213 e. The molecule has 0 aliphatic carbocycles. The predicted molar refractivity (Wildman–Crippen MR) is 84.4 cm³/mol. The lowest BCUT2D eigenvalue weighted by atomic mass is 10.2. The van der Waals surface area contributed by atoms with E-state index in [2.05, 4.69) is 24.1 Å². The number of ether oxygens (including phenoxy) is 1. The minimum Gasteiger partial charge on any atom is -0.472 e. The number of hydrogen-bond acceptors (Lipinski definition) is 4. The summed E-state index contributed by atoms with van der Waals surface area (Å²) >= 11 is 7.83. The lowest BCUT2D eigenvalue weighted by molar-refractivity contribution is 0.296. The Morgan fingerprint density at radius 1 is 1.35 bits per heavy atom. The summed E-state index contributed by atoms with van der Waals surface area (Å²) < 4.78 is 5.69. The highest BCUT2D eigenvalue weighted by molar-refractivity contribution is 7.09. The van der Waals surface area contributed by atoms with Gasteiger partial charge in [0.05, 0.1) is 10.7 Å². The van der Waals surface area contributed by atoms with Gasteiger partial charge in [0.1, 0.15) is 6.61 Å². The third kappa shape index (κ3) is 4.78. The van der Waals surface area contributed by atoms with Crippen LogP contribution in [0.15, 0.2) is 29.6 Å². The van der Waals surface area contributed by atoms with Crippen LogP contribution in [0.3, 0.4) is 0 Å². The monoisotopic (exact) mass is 310 g/mol. The molecule has 0 saturated heterocycles. The van der Waals surface area contributed by atoms with Gasteiger partial charge < -0.3 is 10.1 Å². The van der Waals surface area contributed by atoms with E-state index < -0.39 is 0 Å². The van der Waals surface area contributed by atoms with Crippen LogP contribution >= 0.6 is 22.9 Å². The number of hydrogen-bond donors (Lipinski definition) is 1. The maximum atomic E-state index is 6.16. The summed E-state index contributed by atoms with van der Waals surface area (Å²) in [5, 5.41) is 6.05. The fourth-order valence-corrected chi connectivity index (χ4v) is 2.48. The van der Waals surface area contributed by atoms with Crippen molar-refractivity contribution in [1.82, 2.24) is 10.3 Å². The smallest absolute Gasteiger partial charge is 0.213 e. The van der Waals surface area contributed by atoms with Gasteiger partial charge in [0, 0.05) is 17.5 Å². The van der Waals surface area contributed by atoms with Crippen molar-refractivity contribution in [2.24, 2.45) is 5.92 Å². The highest BCUT2D eigenvalue weighted by Gasteiger charge is 2.06. The zero-order valence-corrected chi connectivity index (χ0v) is 13.3. The molecule has 0 spiro atoms. The van der Waals surface area contributed by atoms with Crippen LogP contribution in [0.1, 0.15) is 24.4 Å². The first kappa shape index (κ1) is 15.3. The first-order valence-corrected chi connectivity index (χ1v) is 7.92. The Bertz CT molecular complexity index is 529. The number of nitrogens with one attached hydrogen (secondary N) is 1. The number of aromatic nitrogens is 1. The second-order valence-corrected chi connectivity index (χ2v) is 6.41. The molecule has 0 aliphatic heterocycles. The summed E-state index contributed by atoms with van der Waals surface area (Å²) in [7, 11) is 0. The van der Waals surface area contributed by atoms with Crippen LogP contribution in [0.25, 0.3) is 0 Å². The van der Waals surface area contributed by atoms with E-state index >= 15 is 0 Å².